The Kier molecular flexibility index (Phi) is 5.22. The van der Waals surface area contributed by atoms with Crippen LogP contribution in [-0.4, -0.2) is 18.2 Å². The summed E-state index contributed by atoms with van der Waals surface area (Å²) in [5, 5.41) is 10.4. The third-order valence-corrected chi connectivity index (χ3v) is 5.66. The van der Waals surface area contributed by atoms with Gasteiger partial charge in [0.2, 0.25) is 0 Å². The topological polar surface area (TPSA) is 46.5 Å². The van der Waals surface area contributed by atoms with Gasteiger partial charge < -0.3 is 9.84 Å². The predicted octanol–water partition coefficient (Wildman–Crippen LogP) is 4.69. The van der Waals surface area contributed by atoms with Gasteiger partial charge >= 0.3 is 5.97 Å². The molecule has 1 aliphatic carbocycles. The molecule has 0 radical (unpaired) electrons. The highest BCUT2D eigenvalue weighted by molar-refractivity contribution is 5.70. The summed E-state index contributed by atoms with van der Waals surface area (Å²) in [5.41, 5.74) is 5.11. The number of hydrogen-bond donors (Lipinski definition) is 1. The zero-order chi connectivity index (χ0) is 18.1. The number of esters is 1. The number of rotatable bonds is 5. The van der Waals surface area contributed by atoms with Crippen LogP contribution in [0.2, 0.25) is 0 Å². The SMILES string of the molecule is C=Cc1c(C)c(O)cc2c1CCC(C(=C)C)C2(C)CCC(=O)OC. The Morgan fingerprint density at radius 1 is 1.54 bits per heavy atom. The molecule has 24 heavy (non-hydrogen) atoms. The zero-order valence-electron chi connectivity index (χ0n) is 15.2. The first kappa shape index (κ1) is 18.3. The first-order chi connectivity index (χ1) is 11.3. The molecule has 1 aliphatic rings. The second-order valence-electron chi connectivity index (χ2n) is 7.10. The molecule has 0 fully saturated rings. The van der Waals surface area contributed by atoms with E-state index in [0.717, 1.165) is 35.1 Å². The summed E-state index contributed by atoms with van der Waals surface area (Å²) in [6, 6.07) is 1.88. The Morgan fingerprint density at radius 2 is 2.21 bits per heavy atom. The van der Waals surface area contributed by atoms with Crippen LogP contribution < -0.4 is 0 Å². The molecule has 3 heteroatoms. The van der Waals surface area contributed by atoms with Gasteiger partial charge in [0.1, 0.15) is 5.75 Å². The van der Waals surface area contributed by atoms with Crippen LogP contribution >= 0.6 is 0 Å². The highest BCUT2D eigenvalue weighted by Gasteiger charge is 2.42. The largest absolute Gasteiger partial charge is 0.508 e. The van der Waals surface area contributed by atoms with E-state index >= 15 is 0 Å². The number of hydrogen-bond acceptors (Lipinski definition) is 3. The van der Waals surface area contributed by atoms with E-state index in [9.17, 15) is 9.90 Å². The fourth-order valence-electron chi connectivity index (χ4n) is 4.25. The second kappa shape index (κ2) is 6.84. The molecular weight excluding hydrogens is 300 g/mol. The van der Waals surface area contributed by atoms with Crippen molar-refractivity contribution in [1.29, 1.82) is 0 Å². The van der Waals surface area contributed by atoms with Gasteiger partial charge in [-0.05, 0) is 72.8 Å². The van der Waals surface area contributed by atoms with Crippen LogP contribution in [-0.2, 0) is 21.4 Å². The number of aromatic hydroxyl groups is 1. The number of fused-ring (bicyclic) bond motifs is 1. The Hall–Kier alpha value is -2.03. The number of carbonyl (C=O) groups excluding carboxylic acids is 1. The summed E-state index contributed by atoms with van der Waals surface area (Å²) in [6.45, 7) is 14.3. The van der Waals surface area contributed by atoms with Gasteiger partial charge in [0.05, 0.1) is 7.11 Å². The molecule has 0 saturated heterocycles. The number of ether oxygens (including phenoxy) is 1. The van der Waals surface area contributed by atoms with Gasteiger partial charge in [0.25, 0.3) is 0 Å². The van der Waals surface area contributed by atoms with Crippen molar-refractivity contribution in [2.24, 2.45) is 5.92 Å². The van der Waals surface area contributed by atoms with Crippen molar-refractivity contribution in [3.63, 3.8) is 0 Å². The van der Waals surface area contributed by atoms with Gasteiger partial charge in [-0.3, -0.25) is 4.79 Å². The molecule has 0 amide bonds. The lowest BCUT2D eigenvalue weighted by atomic mass is 9.59. The molecule has 0 saturated carbocycles. The Balaban J connectivity index is 2.61. The molecule has 0 aromatic heterocycles. The van der Waals surface area contributed by atoms with E-state index in [1.54, 1.807) is 0 Å². The van der Waals surface area contributed by atoms with Crippen molar-refractivity contribution >= 4 is 12.0 Å². The van der Waals surface area contributed by atoms with Crippen LogP contribution in [0, 0.1) is 12.8 Å². The number of methoxy groups -OCH3 is 1. The fraction of sp³-hybridized carbons (Fsp3) is 0.476. The van der Waals surface area contributed by atoms with Crippen LogP contribution in [0.15, 0.2) is 24.8 Å². The van der Waals surface area contributed by atoms with Crippen molar-refractivity contribution in [1.82, 2.24) is 0 Å². The average Bonchev–Trinajstić information content (AvgIpc) is 2.54. The first-order valence-corrected chi connectivity index (χ1v) is 8.46. The van der Waals surface area contributed by atoms with Crippen molar-refractivity contribution in [2.75, 3.05) is 7.11 Å². The molecule has 3 nitrogen and oxygen atoms in total. The second-order valence-corrected chi connectivity index (χ2v) is 7.10. The Labute approximate surface area is 145 Å². The van der Waals surface area contributed by atoms with E-state index in [2.05, 4.69) is 27.0 Å². The van der Waals surface area contributed by atoms with Crippen LogP contribution in [0.5, 0.6) is 5.75 Å². The highest BCUT2D eigenvalue weighted by atomic mass is 16.5. The molecule has 2 unspecified atom stereocenters. The maximum Gasteiger partial charge on any atom is 0.305 e. The molecule has 0 spiro atoms. The monoisotopic (exact) mass is 328 g/mol. The lowest BCUT2D eigenvalue weighted by Gasteiger charge is -2.44. The van der Waals surface area contributed by atoms with Gasteiger partial charge in [0.15, 0.2) is 0 Å². The van der Waals surface area contributed by atoms with Gasteiger partial charge in [-0.2, -0.15) is 0 Å². The van der Waals surface area contributed by atoms with Crippen LogP contribution in [0.3, 0.4) is 0 Å². The molecule has 0 heterocycles. The first-order valence-electron chi connectivity index (χ1n) is 8.46. The molecule has 130 valence electrons. The highest BCUT2D eigenvalue weighted by Crippen LogP contribution is 2.50. The third-order valence-electron chi connectivity index (χ3n) is 5.66. The average molecular weight is 328 g/mol. The number of allylic oxidation sites excluding steroid dienone is 1. The fourth-order valence-corrected chi connectivity index (χ4v) is 4.25. The van der Waals surface area contributed by atoms with E-state index in [4.69, 9.17) is 4.74 Å². The van der Waals surface area contributed by atoms with E-state index in [0.29, 0.717) is 12.8 Å². The molecule has 0 aliphatic heterocycles. The Morgan fingerprint density at radius 3 is 2.75 bits per heavy atom. The van der Waals surface area contributed by atoms with Crippen molar-refractivity contribution in [3.8, 4) is 5.75 Å². The number of benzene rings is 1. The summed E-state index contributed by atoms with van der Waals surface area (Å²) in [6.07, 6.45) is 4.78. The minimum Gasteiger partial charge on any atom is -0.508 e. The van der Waals surface area contributed by atoms with Crippen LogP contribution in [0.4, 0.5) is 0 Å². The zero-order valence-corrected chi connectivity index (χ0v) is 15.2. The van der Waals surface area contributed by atoms with Crippen LogP contribution in [0.25, 0.3) is 6.08 Å². The van der Waals surface area contributed by atoms with E-state index in [1.807, 2.05) is 19.1 Å². The van der Waals surface area contributed by atoms with Crippen LogP contribution in [0.1, 0.15) is 55.4 Å². The quantitative estimate of drug-likeness (QED) is 0.630. The number of phenolic OH excluding ortho intramolecular Hbond substituents is 1. The minimum absolute atomic E-state index is 0.205. The minimum atomic E-state index is -0.253. The molecule has 1 aromatic rings. The normalized spacial score (nSPS) is 22.6. The lowest BCUT2D eigenvalue weighted by Crippen LogP contribution is -2.38. The van der Waals surface area contributed by atoms with Gasteiger partial charge in [-0.1, -0.05) is 31.7 Å². The number of carbonyl (C=O) groups is 1. The van der Waals surface area contributed by atoms with E-state index < -0.39 is 0 Å². The summed E-state index contributed by atoms with van der Waals surface area (Å²) in [5.74, 6) is 0.355. The lowest BCUT2D eigenvalue weighted by molar-refractivity contribution is -0.141. The molecular formula is C21H28O3. The Bertz CT molecular complexity index is 687. The molecule has 2 rings (SSSR count). The molecule has 2 atom stereocenters. The maximum atomic E-state index is 11.7. The predicted molar refractivity (Wildman–Crippen MR) is 98.2 cm³/mol. The number of phenols is 1. The molecule has 1 aromatic carbocycles. The van der Waals surface area contributed by atoms with Gasteiger partial charge in [-0.15, -0.1) is 0 Å². The smallest absolute Gasteiger partial charge is 0.305 e. The molecule has 0 bridgehead atoms. The molecule has 1 N–H and O–H groups in total. The summed E-state index contributed by atoms with van der Waals surface area (Å²) < 4.78 is 4.83. The van der Waals surface area contributed by atoms with Gasteiger partial charge in [-0.25, -0.2) is 0 Å². The van der Waals surface area contributed by atoms with Gasteiger partial charge in [0, 0.05) is 6.42 Å². The van der Waals surface area contributed by atoms with E-state index in [-0.39, 0.29) is 23.1 Å². The summed E-state index contributed by atoms with van der Waals surface area (Å²) >= 11 is 0. The third kappa shape index (κ3) is 3.00. The van der Waals surface area contributed by atoms with Crippen molar-refractivity contribution in [3.05, 3.63) is 47.1 Å². The summed E-state index contributed by atoms with van der Waals surface area (Å²) in [7, 11) is 1.42. The van der Waals surface area contributed by atoms with Crippen molar-refractivity contribution < 1.29 is 14.6 Å². The van der Waals surface area contributed by atoms with E-state index in [1.165, 1.54) is 12.7 Å². The maximum absolute atomic E-state index is 11.7. The van der Waals surface area contributed by atoms with Crippen molar-refractivity contribution in [2.45, 2.75) is 51.9 Å². The summed E-state index contributed by atoms with van der Waals surface area (Å²) in [4.78, 5) is 11.7. The standard InChI is InChI=1S/C21H28O3/c1-7-15-14(4)19(22)12-18-16(15)8-9-17(13(2)3)21(18,5)11-10-20(23)24-6/h7,12,17,22H,1-2,8-11H2,3-6H3.